The molecule has 0 bridgehead atoms. The van der Waals surface area contributed by atoms with Crippen molar-refractivity contribution in [2.24, 2.45) is 0 Å². The van der Waals surface area contributed by atoms with Crippen molar-refractivity contribution in [1.82, 2.24) is 9.97 Å². The van der Waals surface area contributed by atoms with Crippen LogP contribution in [0.1, 0.15) is 11.3 Å². The number of rotatable bonds is 5. The Morgan fingerprint density at radius 3 is 2.42 bits per heavy atom. The van der Waals surface area contributed by atoms with Gasteiger partial charge in [0.05, 0.1) is 12.3 Å². The summed E-state index contributed by atoms with van der Waals surface area (Å²) in [6, 6.07) is 19.7. The maximum atomic E-state index is 9.52. The van der Waals surface area contributed by atoms with Crippen LogP contribution >= 0.6 is 0 Å². The topological polar surface area (TPSA) is 61.3 Å². The van der Waals surface area contributed by atoms with Crippen LogP contribution in [0.15, 0.2) is 60.7 Å². The van der Waals surface area contributed by atoms with Crippen molar-refractivity contribution < 1.29 is 5.11 Å². The average Bonchev–Trinajstić information content (AvgIpc) is 2.63. The Hall–Kier alpha value is -2.92. The third-order valence-electron chi connectivity index (χ3n) is 3.81. The lowest BCUT2D eigenvalue weighted by Gasteiger charge is -2.20. The van der Waals surface area contributed by atoms with E-state index in [1.165, 1.54) is 0 Å². The molecule has 5 heteroatoms. The zero-order valence-corrected chi connectivity index (χ0v) is 13.8. The minimum Gasteiger partial charge on any atom is -0.390 e. The number of benzene rings is 2. The second-order valence-electron chi connectivity index (χ2n) is 5.53. The predicted octanol–water partition coefficient (Wildman–Crippen LogP) is 3.79. The molecule has 24 heavy (non-hydrogen) atoms. The molecule has 0 amide bonds. The molecule has 0 saturated heterocycles. The van der Waals surface area contributed by atoms with E-state index in [9.17, 15) is 5.11 Å². The van der Waals surface area contributed by atoms with Gasteiger partial charge in [-0.1, -0.05) is 36.4 Å². The van der Waals surface area contributed by atoms with Crippen LogP contribution in [0.5, 0.6) is 0 Å². The van der Waals surface area contributed by atoms with Crippen LogP contribution in [-0.4, -0.2) is 22.1 Å². The van der Waals surface area contributed by atoms with Crippen molar-refractivity contribution in [3.05, 3.63) is 71.9 Å². The quantitative estimate of drug-likeness (QED) is 0.749. The molecule has 1 heterocycles. The Bertz CT molecular complexity index is 821. The molecule has 1 aromatic heterocycles. The highest BCUT2D eigenvalue weighted by Gasteiger charge is 2.10. The van der Waals surface area contributed by atoms with Gasteiger partial charge in [0.2, 0.25) is 5.95 Å². The molecule has 0 radical (unpaired) electrons. The van der Waals surface area contributed by atoms with E-state index in [1.54, 1.807) is 6.07 Å². The van der Waals surface area contributed by atoms with Gasteiger partial charge in [0, 0.05) is 24.5 Å². The zero-order valence-electron chi connectivity index (χ0n) is 13.8. The molecule has 0 spiro atoms. The van der Waals surface area contributed by atoms with E-state index in [1.807, 2.05) is 73.5 Å². The number of aliphatic hydroxyl groups is 1. The summed E-state index contributed by atoms with van der Waals surface area (Å²) in [5, 5.41) is 12.8. The fourth-order valence-corrected chi connectivity index (χ4v) is 2.41. The fraction of sp³-hybridized carbons (Fsp3) is 0.158. The van der Waals surface area contributed by atoms with Crippen molar-refractivity contribution in [3.63, 3.8) is 0 Å². The summed E-state index contributed by atoms with van der Waals surface area (Å²) in [5.41, 5.74) is 3.63. The molecule has 0 saturated carbocycles. The Morgan fingerprint density at radius 2 is 1.71 bits per heavy atom. The van der Waals surface area contributed by atoms with Crippen molar-refractivity contribution in [1.29, 1.82) is 0 Å². The standard InChI is InChI=1S/C19H20N4O/c1-14-8-6-7-11-17(14)21-19-20-15(13-24)12-18(22-19)23(2)16-9-4-3-5-10-16/h3-12,24H,13H2,1-2H3,(H,20,21,22). The first kappa shape index (κ1) is 16.0. The van der Waals surface area contributed by atoms with Gasteiger partial charge in [0.25, 0.3) is 0 Å². The smallest absolute Gasteiger partial charge is 0.229 e. The summed E-state index contributed by atoms with van der Waals surface area (Å²) in [7, 11) is 1.94. The number of nitrogens with one attached hydrogen (secondary N) is 1. The first-order chi connectivity index (χ1) is 11.7. The number of nitrogens with zero attached hydrogens (tertiary/aromatic N) is 3. The number of hydrogen-bond acceptors (Lipinski definition) is 5. The van der Waals surface area contributed by atoms with Crippen molar-refractivity contribution >= 4 is 23.1 Å². The lowest BCUT2D eigenvalue weighted by atomic mass is 10.2. The Labute approximate surface area is 141 Å². The van der Waals surface area contributed by atoms with Gasteiger partial charge < -0.3 is 15.3 Å². The molecule has 3 rings (SSSR count). The van der Waals surface area contributed by atoms with Crippen LogP contribution in [0.25, 0.3) is 0 Å². The molecule has 122 valence electrons. The first-order valence-corrected chi connectivity index (χ1v) is 7.77. The SMILES string of the molecule is Cc1ccccc1Nc1nc(CO)cc(N(C)c2ccccc2)n1. The number of hydrogen-bond donors (Lipinski definition) is 2. The molecule has 5 nitrogen and oxygen atoms in total. The Kier molecular flexibility index (Phi) is 4.72. The van der Waals surface area contributed by atoms with Crippen LogP contribution in [0, 0.1) is 6.92 Å². The van der Waals surface area contributed by atoms with Gasteiger partial charge in [0.1, 0.15) is 5.82 Å². The molecule has 0 aliphatic carbocycles. The van der Waals surface area contributed by atoms with Crippen molar-refractivity contribution in [2.75, 3.05) is 17.3 Å². The number of aliphatic hydroxyl groups excluding tert-OH is 1. The van der Waals surface area contributed by atoms with E-state index in [0.717, 1.165) is 22.8 Å². The third kappa shape index (κ3) is 3.52. The van der Waals surface area contributed by atoms with E-state index in [4.69, 9.17) is 0 Å². The summed E-state index contributed by atoms with van der Waals surface area (Å²) >= 11 is 0. The minimum absolute atomic E-state index is 0.138. The second-order valence-corrected chi connectivity index (χ2v) is 5.53. The Balaban J connectivity index is 1.95. The molecule has 2 aromatic carbocycles. The van der Waals surface area contributed by atoms with E-state index in [2.05, 4.69) is 15.3 Å². The lowest BCUT2D eigenvalue weighted by Crippen LogP contribution is -2.13. The normalized spacial score (nSPS) is 10.5. The predicted molar refractivity (Wildman–Crippen MR) is 96.9 cm³/mol. The van der Waals surface area contributed by atoms with E-state index in [-0.39, 0.29) is 6.61 Å². The number of aryl methyl sites for hydroxylation is 1. The zero-order chi connectivity index (χ0) is 16.9. The van der Waals surface area contributed by atoms with Crippen molar-refractivity contribution in [3.8, 4) is 0 Å². The summed E-state index contributed by atoms with van der Waals surface area (Å²) in [4.78, 5) is 10.9. The highest BCUT2D eigenvalue weighted by atomic mass is 16.3. The first-order valence-electron chi connectivity index (χ1n) is 7.77. The molecule has 0 aliphatic rings. The molecular weight excluding hydrogens is 300 g/mol. The molecule has 0 fully saturated rings. The summed E-state index contributed by atoms with van der Waals surface area (Å²) < 4.78 is 0. The van der Waals surface area contributed by atoms with Crippen LogP contribution < -0.4 is 10.2 Å². The second kappa shape index (κ2) is 7.10. The van der Waals surface area contributed by atoms with E-state index < -0.39 is 0 Å². The average molecular weight is 320 g/mol. The number of anilines is 4. The van der Waals surface area contributed by atoms with Gasteiger partial charge in [-0.15, -0.1) is 0 Å². The van der Waals surface area contributed by atoms with E-state index in [0.29, 0.717) is 11.6 Å². The number of aromatic nitrogens is 2. The molecular formula is C19H20N4O. The third-order valence-corrected chi connectivity index (χ3v) is 3.81. The maximum absolute atomic E-state index is 9.52. The Morgan fingerprint density at radius 1 is 1.00 bits per heavy atom. The summed E-state index contributed by atoms with van der Waals surface area (Å²) in [6.45, 7) is 1.88. The number of para-hydroxylation sites is 2. The molecule has 3 aromatic rings. The van der Waals surface area contributed by atoms with Gasteiger partial charge in [-0.3, -0.25) is 0 Å². The highest BCUT2D eigenvalue weighted by molar-refractivity contribution is 5.63. The molecule has 0 atom stereocenters. The van der Waals surface area contributed by atoms with Crippen molar-refractivity contribution in [2.45, 2.75) is 13.5 Å². The molecule has 0 unspecified atom stereocenters. The van der Waals surface area contributed by atoms with Gasteiger partial charge in [-0.25, -0.2) is 4.98 Å². The van der Waals surface area contributed by atoms with Crippen LogP contribution in [0.4, 0.5) is 23.1 Å². The summed E-state index contributed by atoms with van der Waals surface area (Å²) in [5.74, 6) is 1.19. The largest absolute Gasteiger partial charge is 0.390 e. The van der Waals surface area contributed by atoms with Gasteiger partial charge in [-0.2, -0.15) is 4.98 Å². The van der Waals surface area contributed by atoms with Crippen LogP contribution in [-0.2, 0) is 6.61 Å². The van der Waals surface area contributed by atoms with Gasteiger partial charge in [0.15, 0.2) is 0 Å². The van der Waals surface area contributed by atoms with E-state index >= 15 is 0 Å². The van der Waals surface area contributed by atoms with Crippen LogP contribution in [0.3, 0.4) is 0 Å². The van der Waals surface area contributed by atoms with Crippen LogP contribution in [0.2, 0.25) is 0 Å². The highest BCUT2D eigenvalue weighted by Crippen LogP contribution is 2.24. The monoisotopic (exact) mass is 320 g/mol. The maximum Gasteiger partial charge on any atom is 0.229 e. The van der Waals surface area contributed by atoms with Gasteiger partial charge >= 0.3 is 0 Å². The minimum atomic E-state index is -0.138. The molecule has 0 aliphatic heterocycles. The fourth-order valence-electron chi connectivity index (χ4n) is 2.41. The lowest BCUT2D eigenvalue weighted by molar-refractivity contribution is 0.277. The molecule has 2 N–H and O–H groups in total. The summed E-state index contributed by atoms with van der Waals surface area (Å²) in [6.07, 6.45) is 0. The van der Waals surface area contributed by atoms with Gasteiger partial charge in [-0.05, 0) is 30.7 Å².